The maximum atomic E-state index is 13.6. The summed E-state index contributed by atoms with van der Waals surface area (Å²) in [5, 5.41) is 3.21. The van der Waals surface area contributed by atoms with Crippen molar-refractivity contribution in [2.45, 2.75) is 19.4 Å². The second kappa shape index (κ2) is 7.56. The number of hydrogen-bond acceptors (Lipinski definition) is 4. The van der Waals surface area contributed by atoms with Gasteiger partial charge in [-0.1, -0.05) is 6.07 Å². The molecule has 0 saturated heterocycles. The molecule has 1 rings (SSSR count). The Kier molecular flexibility index (Phi) is 6.38. The molecule has 1 aromatic rings. The summed E-state index contributed by atoms with van der Waals surface area (Å²) in [4.78, 5) is 0. The van der Waals surface area contributed by atoms with Crippen LogP contribution >= 0.6 is 0 Å². The largest absolute Gasteiger partial charge is 0.494 e. The SMILES string of the molecule is COc1ccc(C(C)NCCCNS(C)(=O)=O)cc1F. The highest BCUT2D eigenvalue weighted by atomic mass is 32.2. The second-order valence-electron chi connectivity index (χ2n) is 4.59. The van der Waals surface area contributed by atoms with Gasteiger partial charge in [-0.3, -0.25) is 0 Å². The lowest BCUT2D eigenvalue weighted by Crippen LogP contribution is -2.27. The highest BCUT2D eigenvalue weighted by Crippen LogP contribution is 2.21. The van der Waals surface area contributed by atoms with Crippen LogP contribution in [0.3, 0.4) is 0 Å². The zero-order valence-electron chi connectivity index (χ0n) is 11.9. The zero-order chi connectivity index (χ0) is 15.2. The Hall–Kier alpha value is -1.18. The lowest BCUT2D eigenvalue weighted by atomic mass is 10.1. The summed E-state index contributed by atoms with van der Waals surface area (Å²) in [6.45, 7) is 2.94. The standard InChI is InChI=1S/C13H21FN2O3S/c1-10(15-7-4-8-16-20(3,17)18)11-5-6-13(19-2)12(14)9-11/h5-6,9-10,15-16H,4,7-8H2,1-3H3. The van der Waals surface area contributed by atoms with Crippen molar-refractivity contribution in [3.05, 3.63) is 29.6 Å². The number of methoxy groups -OCH3 is 1. The molecule has 114 valence electrons. The molecule has 0 aliphatic heterocycles. The third-order valence-corrected chi connectivity index (χ3v) is 3.57. The van der Waals surface area contributed by atoms with E-state index in [-0.39, 0.29) is 11.8 Å². The number of rotatable bonds is 8. The second-order valence-corrected chi connectivity index (χ2v) is 6.42. The van der Waals surface area contributed by atoms with Gasteiger partial charge < -0.3 is 10.1 Å². The van der Waals surface area contributed by atoms with Crippen LogP contribution in [0, 0.1) is 5.82 Å². The average Bonchev–Trinajstić information content (AvgIpc) is 2.36. The topological polar surface area (TPSA) is 67.4 Å². The molecule has 7 heteroatoms. The van der Waals surface area contributed by atoms with Crippen LogP contribution in [0.15, 0.2) is 18.2 Å². The summed E-state index contributed by atoms with van der Waals surface area (Å²) >= 11 is 0. The van der Waals surface area contributed by atoms with E-state index in [1.165, 1.54) is 13.2 Å². The molecule has 0 aliphatic carbocycles. The Balaban J connectivity index is 2.39. The van der Waals surface area contributed by atoms with E-state index in [1.54, 1.807) is 12.1 Å². The van der Waals surface area contributed by atoms with E-state index in [0.717, 1.165) is 11.8 Å². The van der Waals surface area contributed by atoms with Crippen LogP contribution in [-0.2, 0) is 10.0 Å². The maximum absolute atomic E-state index is 13.6. The molecule has 0 radical (unpaired) electrons. The van der Waals surface area contributed by atoms with Crippen LogP contribution in [0.25, 0.3) is 0 Å². The third-order valence-electron chi connectivity index (χ3n) is 2.84. The number of hydrogen-bond donors (Lipinski definition) is 2. The molecule has 0 aliphatic rings. The highest BCUT2D eigenvalue weighted by molar-refractivity contribution is 7.88. The Labute approximate surface area is 119 Å². The molecule has 0 heterocycles. The summed E-state index contributed by atoms with van der Waals surface area (Å²) in [7, 11) is -1.71. The highest BCUT2D eigenvalue weighted by Gasteiger charge is 2.09. The molecule has 1 atom stereocenters. The van der Waals surface area contributed by atoms with E-state index in [1.807, 2.05) is 6.92 Å². The molecule has 0 fully saturated rings. The first kappa shape index (κ1) is 16.9. The maximum Gasteiger partial charge on any atom is 0.208 e. The van der Waals surface area contributed by atoms with Gasteiger partial charge in [0.25, 0.3) is 0 Å². The van der Waals surface area contributed by atoms with Gasteiger partial charge >= 0.3 is 0 Å². The van der Waals surface area contributed by atoms with Gasteiger partial charge in [-0.2, -0.15) is 0 Å². The van der Waals surface area contributed by atoms with Gasteiger partial charge in [0.05, 0.1) is 13.4 Å². The summed E-state index contributed by atoms with van der Waals surface area (Å²) in [6, 6.07) is 4.81. The van der Waals surface area contributed by atoms with Crippen molar-refractivity contribution in [1.82, 2.24) is 10.0 Å². The third kappa shape index (κ3) is 5.85. The van der Waals surface area contributed by atoms with Gasteiger partial charge in [-0.25, -0.2) is 17.5 Å². The number of halogens is 1. The molecule has 0 spiro atoms. The lowest BCUT2D eigenvalue weighted by molar-refractivity contribution is 0.385. The van der Waals surface area contributed by atoms with Crippen molar-refractivity contribution in [2.75, 3.05) is 26.5 Å². The van der Waals surface area contributed by atoms with E-state index in [2.05, 4.69) is 10.0 Å². The fraction of sp³-hybridized carbons (Fsp3) is 0.538. The average molecular weight is 304 g/mol. The van der Waals surface area contributed by atoms with E-state index in [4.69, 9.17) is 4.74 Å². The minimum atomic E-state index is -3.13. The quantitative estimate of drug-likeness (QED) is 0.713. The van der Waals surface area contributed by atoms with E-state index >= 15 is 0 Å². The Morgan fingerprint density at radius 2 is 2.05 bits per heavy atom. The number of sulfonamides is 1. The predicted octanol–water partition coefficient (Wildman–Crippen LogP) is 1.42. The van der Waals surface area contributed by atoms with Crippen LogP contribution in [0.4, 0.5) is 4.39 Å². The van der Waals surface area contributed by atoms with Crippen molar-refractivity contribution >= 4 is 10.0 Å². The van der Waals surface area contributed by atoms with Gasteiger partial charge in [0.2, 0.25) is 10.0 Å². The zero-order valence-corrected chi connectivity index (χ0v) is 12.8. The van der Waals surface area contributed by atoms with Crippen LogP contribution in [-0.4, -0.2) is 34.9 Å². The summed E-state index contributed by atoms with van der Waals surface area (Å²) in [5.41, 5.74) is 0.819. The number of nitrogens with one attached hydrogen (secondary N) is 2. The summed E-state index contributed by atoms with van der Waals surface area (Å²) < 4.78 is 42.6. The Bertz CT molecular complexity index is 534. The Morgan fingerprint density at radius 3 is 2.60 bits per heavy atom. The van der Waals surface area contributed by atoms with Gasteiger partial charge in [0.1, 0.15) is 0 Å². The molecule has 2 N–H and O–H groups in total. The number of ether oxygens (including phenoxy) is 1. The fourth-order valence-corrected chi connectivity index (χ4v) is 2.25. The first-order valence-electron chi connectivity index (χ1n) is 6.35. The van der Waals surface area contributed by atoms with E-state index in [9.17, 15) is 12.8 Å². The van der Waals surface area contributed by atoms with Crippen molar-refractivity contribution in [2.24, 2.45) is 0 Å². The van der Waals surface area contributed by atoms with Gasteiger partial charge in [0.15, 0.2) is 11.6 Å². The molecule has 0 saturated carbocycles. The van der Waals surface area contributed by atoms with Gasteiger partial charge in [-0.05, 0) is 37.6 Å². The van der Waals surface area contributed by atoms with Crippen LogP contribution in [0.2, 0.25) is 0 Å². The van der Waals surface area contributed by atoms with Crippen molar-refractivity contribution in [3.8, 4) is 5.75 Å². The van der Waals surface area contributed by atoms with E-state index < -0.39 is 15.8 Å². The summed E-state index contributed by atoms with van der Waals surface area (Å²) in [5.74, 6) is -0.171. The molecule has 0 aromatic heterocycles. The van der Waals surface area contributed by atoms with Crippen molar-refractivity contribution in [3.63, 3.8) is 0 Å². The van der Waals surface area contributed by atoms with Gasteiger partial charge in [-0.15, -0.1) is 0 Å². The smallest absolute Gasteiger partial charge is 0.208 e. The van der Waals surface area contributed by atoms with Gasteiger partial charge in [0, 0.05) is 12.6 Å². The number of benzene rings is 1. The molecule has 5 nitrogen and oxygen atoms in total. The fourth-order valence-electron chi connectivity index (χ4n) is 1.73. The van der Waals surface area contributed by atoms with E-state index in [0.29, 0.717) is 19.5 Å². The molecular weight excluding hydrogens is 283 g/mol. The van der Waals surface area contributed by atoms with Crippen LogP contribution < -0.4 is 14.8 Å². The molecule has 0 amide bonds. The monoisotopic (exact) mass is 304 g/mol. The molecule has 0 bridgehead atoms. The predicted molar refractivity (Wildman–Crippen MR) is 76.8 cm³/mol. The van der Waals surface area contributed by atoms with Crippen LogP contribution in [0.5, 0.6) is 5.75 Å². The first-order chi connectivity index (χ1) is 9.33. The van der Waals surface area contributed by atoms with Crippen molar-refractivity contribution in [1.29, 1.82) is 0 Å². The molecule has 1 unspecified atom stereocenters. The summed E-state index contributed by atoms with van der Waals surface area (Å²) in [6.07, 6.45) is 1.79. The minimum Gasteiger partial charge on any atom is -0.494 e. The molecular formula is C13H21FN2O3S. The van der Waals surface area contributed by atoms with Crippen LogP contribution in [0.1, 0.15) is 24.9 Å². The minimum absolute atomic E-state index is 0.0198. The van der Waals surface area contributed by atoms with Crippen molar-refractivity contribution < 1.29 is 17.5 Å². The Morgan fingerprint density at radius 1 is 1.35 bits per heavy atom. The lowest BCUT2D eigenvalue weighted by Gasteiger charge is -2.15. The molecule has 20 heavy (non-hydrogen) atoms. The normalized spacial score (nSPS) is 13.2. The first-order valence-corrected chi connectivity index (χ1v) is 8.24. The molecule has 1 aromatic carbocycles.